The largest absolute Gasteiger partial charge is 0.347 e. The number of para-hydroxylation sites is 1. The van der Waals surface area contributed by atoms with Gasteiger partial charge in [-0.15, -0.1) is 19.7 Å². The van der Waals surface area contributed by atoms with E-state index in [1.54, 1.807) is 0 Å². The summed E-state index contributed by atoms with van der Waals surface area (Å²) < 4.78 is 2.53. The number of nitrogens with zero attached hydrogens (tertiary/aromatic N) is 2. The number of likely N-dealkylation sites (N-methyl/N-ethyl adjacent to an activating group) is 1. The van der Waals surface area contributed by atoms with Crippen molar-refractivity contribution in [3.63, 3.8) is 0 Å². The molecule has 198 valence electrons. The van der Waals surface area contributed by atoms with E-state index in [1.807, 2.05) is 18.2 Å². The molecular weight excluding hydrogens is 484 g/mol. The van der Waals surface area contributed by atoms with Gasteiger partial charge in [-0.05, 0) is 61.9 Å². The van der Waals surface area contributed by atoms with E-state index in [9.17, 15) is 0 Å². The number of anilines is 1. The lowest BCUT2D eigenvalue weighted by Gasteiger charge is -2.31. The SMILES string of the molecule is C=CCC1(C)C(/C=C/C=C2/N(C)c3ccc(Cl)cc3C2(CC=C)CC=C)=[N+](CCC(C)C)c2ccccc21. The summed E-state index contributed by atoms with van der Waals surface area (Å²) in [7, 11) is 2.15. The monoisotopic (exact) mass is 525 g/mol. The molecule has 0 radical (unpaired) electrons. The highest BCUT2D eigenvalue weighted by molar-refractivity contribution is 6.30. The highest BCUT2D eigenvalue weighted by Gasteiger charge is 2.47. The molecule has 1 atom stereocenters. The molecule has 0 amide bonds. The Bertz CT molecular complexity index is 1320. The van der Waals surface area contributed by atoms with Crippen LogP contribution in [-0.2, 0) is 10.8 Å². The number of fused-ring (bicyclic) bond motifs is 2. The van der Waals surface area contributed by atoms with Crippen LogP contribution in [0, 0.1) is 5.92 Å². The van der Waals surface area contributed by atoms with Crippen molar-refractivity contribution in [1.82, 2.24) is 0 Å². The summed E-state index contributed by atoms with van der Waals surface area (Å²) in [5.41, 5.74) is 7.32. The minimum atomic E-state index is -0.242. The molecule has 2 aliphatic rings. The van der Waals surface area contributed by atoms with Gasteiger partial charge in [-0.2, -0.15) is 4.58 Å². The van der Waals surface area contributed by atoms with Gasteiger partial charge in [0.2, 0.25) is 5.69 Å². The Morgan fingerprint density at radius 2 is 1.66 bits per heavy atom. The van der Waals surface area contributed by atoms with Crippen LogP contribution in [0.5, 0.6) is 0 Å². The lowest BCUT2D eigenvalue weighted by molar-refractivity contribution is -0.439. The summed E-state index contributed by atoms with van der Waals surface area (Å²) in [4.78, 5) is 2.30. The number of benzene rings is 2. The fourth-order valence-electron chi connectivity index (χ4n) is 6.43. The Labute approximate surface area is 235 Å². The number of halogens is 1. The van der Waals surface area contributed by atoms with Crippen LogP contribution in [0.25, 0.3) is 0 Å². The van der Waals surface area contributed by atoms with E-state index in [0.29, 0.717) is 5.92 Å². The maximum atomic E-state index is 6.49. The van der Waals surface area contributed by atoms with Gasteiger partial charge in [0, 0.05) is 53.0 Å². The fourth-order valence-corrected chi connectivity index (χ4v) is 6.60. The summed E-state index contributed by atoms with van der Waals surface area (Å²) in [6.07, 6.45) is 16.6. The fraction of sp³-hybridized carbons (Fsp3) is 0.343. The number of allylic oxidation sites excluding steroid dienone is 7. The van der Waals surface area contributed by atoms with E-state index in [2.05, 4.69) is 118 Å². The van der Waals surface area contributed by atoms with Crippen molar-refractivity contribution in [2.75, 3.05) is 18.5 Å². The zero-order valence-corrected chi connectivity index (χ0v) is 24.3. The summed E-state index contributed by atoms with van der Waals surface area (Å²) in [6.45, 7) is 20.3. The van der Waals surface area contributed by atoms with Crippen LogP contribution in [0.2, 0.25) is 5.02 Å². The van der Waals surface area contributed by atoms with Gasteiger partial charge >= 0.3 is 0 Å². The van der Waals surface area contributed by atoms with E-state index in [-0.39, 0.29) is 10.8 Å². The predicted octanol–water partition coefficient (Wildman–Crippen LogP) is 9.30. The minimum absolute atomic E-state index is 0.123. The molecule has 4 rings (SSSR count). The molecule has 2 heterocycles. The topological polar surface area (TPSA) is 6.25 Å². The predicted molar refractivity (Wildman–Crippen MR) is 166 cm³/mol. The van der Waals surface area contributed by atoms with Gasteiger partial charge in [-0.1, -0.05) is 68.0 Å². The summed E-state index contributed by atoms with van der Waals surface area (Å²) in [5.74, 6) is 0.636. The zero-order chi connectivity index (χ0) is 27.5. The molecule has 38 heavy (non-hydrogen) atoms. The number of hydrogen-bond donors (Lipinski definition) is 0. The first-order valence-electron chi connectivity index (χ1n) is 13.7. The summed E-state index contributed by atoms with van der Waals surface area (Å²) in [6, 6.07) is 15.1. The van der Waals surface area contributed by atoms with Gasteiger partial charge in [0.15, 0.2) is 5.71 Å². The Morgan fingerprint density at radius 1 is 0.974 bits per heavy atom. The molecule has 0 bridgehead atoms. The minimum Gasteiger partial charge on any atom is -0.347 e. The Balaban J connectivity index is 1.85. The molecule has 0 aromatic heterocycles. The van der Waals surface area contributed by atoms with Gasteiger partial charge < -0.3 is 4.90 Å². The van der Waals surface area contributed by atoms with Gasteiger partial charge in [0.25, 0.3) is 0 Å². The highest BCUT2D eigenvalue weighted by Crippen LogP contribution is 2.52. The molecule has 0 N–H and O–H groups in total. The van der Waals surface area contributed by atoms with E-state index in [1.165, 1.54) is 33.9 Å². The van der Waals surface area contributed by atoms with Crippen LogP contribution in [0.4, 0.5) is 11.4 Å². The third-order valence-corrected chi connectivity index (χ3v) is 8.54. The Kier molecular flexibility index (Phi) is 8.33. The highest BCUT2D eigenvalue weighted by atomic mass is 35.5. The third kappa shape index (κ3) is 4.76. The van der Waals surface area contributed by atoms with Gasteiger partial charge in [-0.25, -0.2) is 0 Å². The first-order valence-corrected chi connectivity index (χ1v) is 14.1. The van der Waals surface area contributed by atoms with Crippen LogP contribution in [0.15, 0.2) is 104 Å². The van der Waals surface area contributed by atoms with Crippen molar-refractivity contribution in [3.8, 4) is 0 Å². The molecule has 2 nitrogen and oxygen atoms in total. The summed E-state index contributed by atoms with van der Waals surface area (Å²) >= 11 is 6.49. The van der Waals surface area contributed by atoms with Crippen molar-refractivity contribution >= 4 is 28.7 Å². The van der Waals surface area contributed by atoms with Crippen LogP contribution in [0.3, 0.4) is 0 Å². The lowest BCUT2D eigenvalue weighted by Crippen LogP contribution is -2.31. The molecule has 0 saturated carbocycles. The molecule has 0 aliphatic carbocycles. The second-order valence-electron chi connectivity index (χ2n) is 11.3. The van der Waals surface area contributed by atoms with Gasteiger partial charge in [0.05, 0.1) is 5.41 Å². The quantitative estimate of drug-likeness (QED) is 0.209. The van der Waals surface area contributed by atoms with Crippen molar-refractivity contribution in [1.29, 1.82) is 0 Å². The molecule has 2 aromatic rings. The van der Waals surface area contributed by atoms with Crippen LogP contribution in [-0.4, -0.2) is 23.9 Å². The molecule has 2 aromatic carbocycles. The average molecular weight is 526 g/mol. The van der Waals surface area contributed by atoms with Crippen molar-refractivity contribution in [2.45, 2.75) is 57.3 Å². The molecule has 2 aliphatic heterocycles. The second-order valence-corrected chi connectivity index (χ2v) is 11.7. The Hall–Kier alpha value is -3.10. The maximum Gasteiger partial charge on any atom is 0.209 e. The Morgan fingerprint density at radius 3 is 2.32 bits per heavy atom. The normalized spacial score (nSPS) is 20.9. The van der Waals surface area contributed by atoms with E-state index >= 15 is 0 Å². The lowest BCUT2D eigenvalue weighted by atomic mass is 9.73. The maximum absolute atomic E-state index is 6.49. The van der Waals surface area contributed by atoms with E-state index < -0.39 is 0 Å². The third-order valence-electron chi connectivity index (χ3n) is 8.31. The van der Waals surface area contributed by atoms with E-state index in [4.69, 9.17) is 11.6 Å². The van der Waals surface area contributed by atoms with Crippen molar-refractivity contribution in [2.24, 2.45) is 5.92 Å². The van der Waals surface area contributed by atoms with Crippen molar-refractivity contribution in [3.05, 3.63) is 121 Å². The second kappa shape index (κ2) is 11.3. The number of rotatable bonds is 11. The summed E-state index contributed by atoms with van der Waals surface area (Å²) in [5, 5.41) is 0.756. The first-order chi connectivity index (χ1) is 18.2. The molecule has 0 fully saturated rings. The molecule has 0 spiro atoms. The molecular formula is C35H42ClN2+. The molecule has 3 heteroatoms. The van der Waals surface area contributed by atoms with Gasteiger partial charge in [0.1, 0.15) is 6.54 Å². The van der Waals surface area contributed by atoms with E-state index in [0.717, 1.165) is 37.3 Å². The van der Waals surface area contributed by atoms with Gasteiger partial charge in [-0.3, -0.25) is 0 Å². The smallest absolute Gasteiger partial charge is 0.209 e. The van der Waals surface area contributed by atoms with Crippen molar-refractivity contribution < 1.29 is 4.58 Å². The molecule has 0 saturated heterocycles. The molecule has 1 unspecified atom stereocenters. The van der Waals surface area contributed by atoms with Crippen LogP contribution in [0.1, 0.15) is 57.6 Å². The first kappa shape index (κ1) is 27.9. The zero-order valence-electron chi connectivity index (χ0n) is 23.5. The average Bonchev–Trinajstić information content (AvgIpc) is 3.24. The van der Waals surface area contributed by atoms with Crippen LogP contribution < -0.4 is 4.90 Å². The number of hydrogen-bond acceptors (Lipinski definition) is 1. The standard InChI is InChI=1S/C35H42ClN2/c1-8-21-34(6)28-14-11-12-15-31(28)38(24-20-26(4)5)32(34)16-13-17-33-35(22-9-2,23-10-3)29-25-27(36)18-19-30(29)37(33)7/h8-19,25-26H,1-3,20-24H2,4-7H3/q+1. The van der Waals surface area contributed by atoms with Crippen LogP contribution >= 0.6 is 11.6 Å².